The molecule has 1 unspecified atom stereocenters. The zero-order valence-electron chi connectivity index (χ0n) is 11.1. The molecule has 0 radical (unpaired) electrons. The van der Waals surface area contributed by atoms with Gasteiger partial charge in [0.25, 0.3) is 0 Å². The minimum Gasteiger partial charge on any atom is -0.295 e. The number of carbonyl (C=O) groups excluding carboxylic acids is 2. The van der Waals surface area contributed by atoms with Crippen molar-refractivity contribution in [3.8, 4) is 6.07 Å². The van der Waals surface area contributed by atoms with Crippen LogP contribution in [0.2, 0.25) is 0 Å². The molecule has 0 bridgehead atoms. The lowest BCUT2D eigenvalue weighted by atomic mass is 9.92. The molecule has 98 valence electrons. The summed E-state index contributed by atoms with van der Waals surface area (Å²) in [6.07, 6.45) is 2.35. The molecule has 2 rings (SSSR count). The van der Waals surface area contributed by atoms with Gasteiger partial charge in [-0.1, -0.05) is 13.8 Å². The number of nitriles is 1. The van der Waals surface area contributed by atoms with E-state index in [0.29, 0.717) is 6.04 Å². The molecule has 1 N–H and O–H groups in total. The Morgan fingerprint density at radius 1 is 1.50 bits per heavy atom. The maximum atomic E-state index is 12.1. The van der Waals surface area contributed by atoms with Crippen LogP contribution in [0.25, 0.3) is 0 Å². The number of amides is 2. The SMILES string of the molecule is CC(C#N)(CN1C(=O)CC(C)(C)C1=O)NC1CC1. The second-order valence-corrected chi connectivity index (χ2v) is 6.21. The van der Waals surface area contributed by atoms with E-state index < -0.39 is 11.0 Å². The summed E-state index contributed by atoms with van der Waals surface area (Å²) in [5.74, 6) is -0.351. The van der Waals surface area contributed by atoms with E-state index in [4.69, 9.17) is 0 Å². The molecule has 0 aromatic heterocycles. The average Bonchev–Trinajstić information content (AvgIpc) is 3.04. The summed E-state index contributed by atoms with van der Waals surface area (Å²) in [6, 6.07) is 2.54. The van der Waals surface area contributed by atoms with Crippen molar-refractivity contribution >= 4 is 11.8 Å². The minimum atomic E-state index is -0.840. The van der Waals surface area contributed by atoms with Gasteiger partial charge in [0, 0.05) is 12.5 Å². The molecule has 18 heavy (non-hydrogen) atoms. The van der Waals surface area contributed by atoms with Crippen LogP contribution in [0.3, 0.4) is 0 Å². The van der Waals surface area contributed by atoms with Crippen LogP contribution in [-0.4, -0.2) is 34.8 Å². The number of carbonyl (C=O) groups is 2. The van der Waals surface area contributed by atoms with Gasteiger partial charge >= 0.3 is 0 Å². The summed E-state index contributed by atoms with van der Waals surface area (Å²) < 4.78 is 0. The Kier molecular flexibility index (Phi) is 2.94. The molecular formula is C13H19N3O2. The zero-order chi connectivity index (χ0) is 13.6. The van der Waals surface area contributed by atoms with Crippen LogP contribution in [0.15, 0.2) is 0 Å². The monoisotopic (exact) mass is 249 g/mol. The van der Waals surface area contributed by atoms with Crippen molar-refractivity contribution in [3.05, 3.63) is 0 Å². The zero-order valence-corrected chi connectivity index (χ0v) is 11.1. The first-order chi connectivity index (χ1) is 8.27. The Morgan fingerprint density at radius 2 is 2.11 bits per heavy atom. The average molecular weight is 249 g/mol. The molecule has 1 aliphatic carbocycles. The van der Waals surface area contributed by atoms with Crippen molar-refractivity contribution in [3.63, 3.8) is 0 Å². The number of rotatable bonds is 4. The number of hydrogen-bond donors (Lipinski definition) is 1. The smallest absolute Gasteiger partial charge is 0.235 e. The molecular weight excluding hydrogens is 230 g/mol. The molecule has 1 saturated carbocycles. The summed E-state index contributed by atoms with van der Waals surface area (Å²) in [6.45, 7) is 5.43. The topological polar surface area (TPSA) is 73.2 Å². The second-order valence-electron chi connectivity index (χ2n) is 6.21. The lowest BCUT2D eigenvalue weighted by Gasteiger charge is -2.28. The third-order valence-corrected chi connectivity index (χ3v) is 3.54. The van der Waals surface area contributed by atoms with Crippen LogP contribution in [-0.2, 0) is 9.59 Å². The van der Waals surface area contributed by atoms with Gasteiger partial charge in [-0.05, 0) is 19.8 Å². The Hall–Kier alpha value is -1.41. The summed E-state index contributed by atoms with van der Waals surface area (Å²) in [4.78, 5) is 25.2. The lowest BCUT2D eigenvalue weighted by Crippen LogP contribution is -2.53. The van der Waals surface area contributed by atoms with Gasteiger partial charge in [-0.2, -0.15) is 5.26 Å². The largest absolute Gasteiger partial charge is 0.295 e. The molecule has 0 aromatic rings. The summed E-state index contributed by atoms with van der Waals surface area (Å²) in [5, 5.41) is 12.5. The third kappa shape index (κ3) is 2.39. The minimum absolute atomic E-state index is 0.140. The van der Waals surface area contributed by atoms with Gasteiger partial charge in [0.05, 0.1) is 18.0 Å². The predicted octanol–water partition coefficient (Wildman–Crippen LogP) is 0.806. The van der Waals surface area contributed by atoms with Gasteiger partial charge in [-0.3, -0.25) is 19.8 Å². The summed E-state index contributed by atoms with van der Waals surface area (Å²) in [7, 11) is 0. The van der Waals surface area contributed by atoms with Gasteiger partial charge < -0.3 is 0 Å². The van der Waals surface area contributed by atoms with E-state index in [1.165, 1.54) is 4.90 Å². The standard InChI is InChI=1S/C13H19N3O2/c1-12(2)6-10(17)16(11(12)18)8-13(3,7-14)15-9-4-5-9/h9,15H,4-6,8H2,1-3H3. The van der Waals surface area contributed by atoms with Gasteiger partial charge in [0.1, 0.15) is 5.54 Å². The normalized spacial score (nSPS) is 26.0. The van der Waals surface area contributed by atoms with Crippen LogP contribution in [0.5, 0.6) is 0 Å². The van der Waals surface area contributed by atoms with Gasteiger partial charge in [-0.25, -0.2) is 0 Å². The molecule has 1 aliphatic heterocycles. The summed E-state index contributed by atoms with van der Waals surface area (Å²) in [5.41, 5.74) is -1.47. The molecule has 1 heterocycles. The Balaban J connectivity index is 2.10. The van der Waals surface area contributed by atoms with Crippen LogP contribution in [0.1, 0.15) is 40.0 Å². The highest BCUT2D eigenvalue weighted by molar-refractivity contribution is 6.05. The quantitative estimate of drug-likeness (QED) is 0.748. The van der Waals surface area contributed by atoms with Crippen molar-refractivity contribution in [2.24, 2.45) is 5.41 Å². The van der Waals surface area contributed by atoms with E-state index >= 15 is 0 Å². The number of nitrogens with zero attached hydrogens (tertiary/aromatic N) is 2. The number of hydrogen-bond acceptors (Lipinski definition) is 4. The molecule has 5 heteroatoms. The fourth-order valence-electron chi connectivity index (χ4n) is 2.30. The van der Waals surface area contributed by atoms with Crippen molar-refractivity contribution in [1.82, 2.24) is 10.2 Å². The molecule has 0 aromatic carbocycles. The van der Waals surface area contributed by atoms with Crippen LogP contribution >= 0.6 is 0 Å². The van der Waals surface area contributed by atoms with E-state index in [0.717, 1.165) is 12.8 Å². The van der Waals surface area contributed by atoms with Gasteiger partial charge in [0.2, 0.25) is 11.8 Å². The van der Waals surface area contributed by atoms with Crippen molar-refractivity contribution in [1.29, 1.82) is 5.26 Å². The maximum absolute atomic E-state index is 12.1. The summed E-state index contributed by atoms with van der Waals surface area (Å²) >= 11 is 0. The number of nitrogens with one attached hydrogen (secondary N) is 1. The molecule has 2 aliphatic rings. The molecule has 5 nitrogen and oxygen atoms in total. The second kappa shape index (κ2) is 4.06. The highest BCUT2D eigenvalue weighted by Crippen LogP contribution is 2.33. The van der Waals surface area contributed by atoms with E-state index in [9.17, 15) is 14.9 Å². The fourth-order valence-corrected chi connectivity index (χ4v) is 2.30. The highest BCUT2D eigenvalue weighted by Gasteiger charge is 2.47. The Labute approximate surface area is 107 Å². The fraction of sp³-hybridized carbons (Fsp3) is 0.769. The van der Waals surface area contributed by atoms with Crippen LogP contribution in [0, 0.1) is 16.7 Å². The molecule has 2 fully saturated rings. The first-order valence-electron chi connectivity index (χ1n) is 6.31. The molecule has 2 amide bonds. The Morgan fingerprint density at radius 3 is 2.50 bits per heavy atom. The maximum Gasteiger partial charge on any atom is 0.235 e. The van der Waals surface area contributed by atoms with Crippen molar-refractivity contribution in [2.45, 2.75) is 51.6 Å². The predicted molar refractivity (Wildman–Crippen MR) is 65.3 cm³/mol. The van der Waals surface area contributed by atoms with Gasteiger partial charge in [0.15, 0.2) is 0 Å². The Bertz CT molecular complexity index is 434. The number of imide groups is 1. The molecule has 1 saturated heterocycles. The van der Waals surface area contributed by atoms with E-state index in [2.05, 4.69) is 11.4 Å². The van der Waals surface area contributed by atoms with Crippen molar-refractivity contribution in [2.75, 3.05) is 6.54 Å². The van der Waals surface area contributed by atoms with E-state index in [-0.39, 0.29) is 24.8 Å². The molecule has 0 spiro atoms. The molecule has 1 atom stereocenters. The first kappa shape index (κ1) is 13.0. The van der Waals surface area contributed by atoms with Crippen molar-refractivity contribution < 1.29 is 9.59 Å². The van der Waals surface area contributed by atoms with E-state index in [1.807, 2.05) is 0 Å². The third-order valence-electron chi connectivity index (χ3n) is 3.54. The first-order valence-corrected chi connectivity index (χ1v) is 6.31. The van der Waals surface area contributed by atoms with E-state index in [1.54, 1.807) is 20.8 Å². The van der Waals surface area contributed by atoms with Gasteiger partial charge in [-0.15, -0.1) is 0 Å². The lowest BCUT2D eigenvalue weighted by molar-refractivity contribution is -0.141. The number of likely N-dealkylation sites (tertiary alicyclic amines) is 1. The van der Waals surface area contributed by atoms with Crippen LogP contribution < -0.4 is 5.32 Å². The van der Waals surface area contributed by atoms with Crippen LogP contribution in [0.4, 0.5) is 0 Å². The highest BCUT2D eigenvalue weighted by atomic mass is 16.2.